The Morgan fingerprint density at radius 3 is 2.76 bits per heavy atom. The minimum Gasteiger partial charge on any atom is -0.493 e. The summed E-state index contributed by atoms with van der Waals surface area (Å²) < 4.78 is 21.6. The summed E-state index contributed by atoms with van der Waals surface area (Å²) in [6.45, 7) is 2.87. The Morgan fingerprint density at radius 2 is 2.10 bits per heavy atom. The lowest BCUT2D eigenvalue weighted by Gasteiger charge is -2.23. The smallest absolute Gasteiger partial charge is 0.340 e. The number of hydrogen-bond acceptors (Lipinski definition) is 5. The number of methoxy groups -OCH3 is 1. The largest absolute Gasteiger partial charge is 0.493 e. The highest BCUT2D eigenvalue weighted by Crippen LogP contribution is 2.26. The molecule has 2 rings (SSSR count). The molecule has 21 heavy (non-hydrogen) atoms. The van der Waals surface area contributed by atoms with E-state index < -0.39 is 12.1 Å². The fraction of sp³-hybridized carbons (Fsp3) is 0.562. The molecule has 1 saturated heterocycles. The van der Waals surface area contributed by atoms with Crippen molar-refractivity contribution < 1.29 is 23.7 Å². The van der Waals surface area contributed by atoms with Gasteiger partial charge in [-0.05, 0) is 38.3 Å². The monoisotopic (exact) mass is 294 g/mol. The molecule has 1 fully saturated rings. The number of esters is 1. The van der Waals surface area contributed by atoms with Gasteiger partial charge in [0.2, 0.25) is 0 Å². The minimum atomic E-state index is -0.638. The first-order chi connectivity index (χ1) is 10.2. The van der Waals surface area contributed by atoms with Gasteiger partial charge in [0.25, 0.3) is 0 Å². The third kappa shape index (κ3) is 4.72. The zero-order valence-electron chi connectivity index (χ0n) is 12.5. The van der Waals surface area contributed by atoms with Crippen LogP contribution >= 0.6 is 0 Å². The summed E-state index contributed by atoms with van der Waals surface area (Å²) in [5, 5.41) is 0. The first-order valence-electron chi connectivity index (χ1n) is 7.28. The summed E-state index contributed by atoms with van der Waals surface area (Å²) in [7, 11) is 1.53. The molecule has 0 amide bonds. The number of carbonyl (C=O) groups is 1. The van der Waals surface area contributed by atoms with Crippen LogP contribution in [0.15, 0.2) is 24.3 Å². The van der Waals surface area contributed by atoms with Crippen LogP contribution in [0.2, 0.25) is 0 Å². The summed E-state index contributed by atoms with van der Waals surface area (Å²) >= 11 is 0. The van der Waals surface area contributed by atoms with Crippen molar-refractivity contribution in [3.8, 4) is 11.5 Å². The fourth-order valence-corrected chi connectivity index (χ4v) is 2.15. The summed E-state index contributed by atoms with van der Waals surface area (Å²) in [6.07, 6.45) is 2.67. The third-order valence-corrected chi connectivity index (χ3v) is 3.42. The second-order valence-electron chi connectivity index (χ2n) is 5.04. The number of ether oxygens (including phenoxy) is 4. The molecule has 0 aliphatic carbocycles. The number of para-hydroxylation sites is 2. The summed E-state index contributed by atoms with van der Waals surface area (Å²) in [6, 6.07) is 7.03. The predicted molar refractivity (Wildman–Crippen MR) is 77.6 cm³/mol. The van der Waals surface area contributed by atoms with Crippen LogP contribution in [0.25, 0.3) is 0 Å². The Balaban J connectivity index is 1.81. The van der Waals surface area contributed by atoms with Crippen LogP contribution in [0.4, 0.5) is 0 Å². The molecule has 0 saturated carbocycles. The van der Waals surface area contributed by atoms with Gasteiger partial charge in [-0.15, -0.1) is 0 Å². The van der Waals surface area contributed by atoms with E-state index in [9.17, 15) is 4.79 Å². The van der Waals surface area contributed by atoms with E-state index in [-0.39, 0.29) is 6.10 Å². The van der Waals surface area contributed by atoms with Crippen LogP contribution in [-0.2, 0) is 14.3 Å². The van der Waals surface area contributed by atoms with Crippen molar-refractivity contribution in [1.82, 2.24) is 0 Å². The molecule has 1 heterocycles. The van der Waals surface area contributed by atoms with E-state index >= 15 is 0 Å². The first kappa shape index (κ1) is 15.8. The highest BCUT2D eigenvalue weighted by molar-refractivity contribution is 5.77. The Labute approximate surface area is 125 Å². The van der Waals surface area contributed by atoms with Crippen LogP contribution in [0, 0.1) is 0 Å². The average molecular weight is 294 g/mol. The van der Waals surface area contributed by atoms with Gasteiger partial charge in [0.15, 0.2) is 17.6 Å². The van der Waals surface area contributed by atoms with E-state index in [0.29, 0.717) is 18.1 Å². The molecule has 0 spiro atoms. The van der Waals surface area contributed by atoms with E-state index in [1.807, 2.05) is 6.07 Å². The van der Waals surface area contributed by atoms with Crippen LogP contribution in [-0.4, -0.2) is 38.5 Å². The molecule has 0 bridgehead atoms. The highest BCUT2D eigenvalue weighted by Gasteiger charge is 2.21. The van der Waals surface area contributed by atoms with Gasteiger partial charge in [-0.25, -0.2) is 4.79 Å². The molecule has 1 aromatic carbocycles. The molecule has 0 aromatic heterocycles. The van der Waals surface area contributed by atoms with E-state index in [0.717, 1.165) is 25.9 Å². The highest BCUT2D eigenvalue weighted by atomic mass is 16.6. The van der Waals surface area contributed by atoms with E-state index in [2.05, 4.69) is 0 Å². The van der Waals surface area contributed by atoms with Crippen LogP contribution < -0.4 is 9.47 Å². The maximum Gasteiger partial charge on any atom is 0.340 e. The first-order valence-corrected chi connectivity index (χ1v) is 7.28. The van der Waals surface area contributed by atoms with Crippen molar-refractivity contribution in [2.75, 3.05) is 20.3 Å². The molecule has 5 heteroatoms. The molecule has 0 radical (unpaired) electrons. The molecular weight excluding hydrogens is 272 g/mol. The van der Waals surface area contributed by atoms with Crippen molar-refractivity contribution in [3.63, 3.8) is 0 Å². The van der Waals surface area contributed by atoms with Crippen LogP contribution in [0.3, 0.4) is 0 Å². The quantitative estimate of drug-likeness (QED) is 0.596. The zero-order valence-corrected chi connectivity index (χ0v) is 12.5. The van der Waals surface area contributed by atoms with E-state index in [1.165, 1.54) is 7.11 Å². The van der Waals surface area contributed by atoms with Gasteiger partial charge >= 0.3 is 5.97 Å². The molecule has 1 aliphatic rings. The predicted octanol–water partition coefficient (Wildman–Crippen LogP) is 2.57. The van der Waals surface area contributed by atoms with Crippen LogP contribution in [0.1, 0.15) is 26.2 Å². The summed E-state index contributed by atoms with van der Waals surface area (Å²) in [5.41, 5.74) is 0. The molecule has 0 N–H and O–H groups in total. The Bertz CT molecular complexity index is 454. The average Bonchev–Trinajstić information content (AvgIpc) is 2.54. The lowest BCUT2D eigenvalue weighted by molar-refractivity contribution is -0.149. The number of carbonyl (C=O) groups excluding carboxylic acids is 1. The maximum absolute atomic E-state index is 12.0. The van der Waals surface area contributed by atoms with Gasteiger partial charge in [-0.1, -0.05) is 12.1 Å². The van der Waals surface area contributed by atoms with Crippen molar-refractivity contribution in [2.24, 2.45) is 0 Å². The minimum absolute atomic E-state index is 0.0836. The summed E-state index contributed by atoms with van der Waals surface area (Å²) in [5.74, 6) is 0.485. The SMILES string of the molecule is COc1ccccc1OC(=O)C(C)OCC1CCCCO1. The number of benzene rings is 1. The molecule has 2 unspecified atom stereocenters. The van der Waals surface area contributed by atoms with Crippen LogP contribution in [0.5, 0.6) is 11.5 Å². The third-order valence-electron chi connectivity index (χ3n) is 3.42. The maximum atomic E-state index is 12.0. The Hall–Kier alpha value is -1.59. The van der Waals surface area contributed by atoms with Gasteiger partial charge in [0.1, 0.15) is 0 Å². The van der Waals surface area contributed by atoms with Crippen molar-refractivity contribution in [1.29, 1.82) is 0 Å². The van der Waals surface area contributed by atoms with E-state index in [1.54, 1.807) is 25.1 Å². The molecule has 1 aromatic rings. The Morgan fingerprint density at radius 1 is 1.33 bits per heavy atom. The standard InChI is InChI=1S/C16H22O5/c1-12(20-11-13-7-5-6-10-19-13)16(17)21-15-9-4-3-8-14(15)18-2/h3-4,8-9,12-13H,5-7,10-11H2,1-2H3. The fourth-order valence-electron chi connectivity index (χ4n) is 2.15. The van der Waals surface area contributed by atoms with Crippen molar-refractivity contribution >= 4 is 5.97 Å². The molecule has 1 aliphatic heterocycles. The van der Waals surface area contributed by atoms with Crippen molar-refractivity contribution in [3.05, 3.63) is 24.3 Å². The zero-order chi connectivity index (χ0) is 15.1. The second kappa shape index (κ2) is 8.00. The lowest BCUT2D eigenvalue weighted by Crippen LogP contribution is -2.31. The second-order valence-corrected chi connectivity index (χ2v) is 5.04. The topological polar surface area (TPSA) is 54.0 Å². The molecule has 2 atom stereocenters. The molecular formula is C16H22O5. The number of rotatable bonds is 6. The number of hydrogen-bond donors (Lipinski definition) is 0. The lowest BCUT2D eigenvalue weighted by atomic mass is 10.1. The molecule has 5 nitrogen and oxygen atoms in total. The van der Waals surface area contributed by atoms with E-state index in [4.69, 9.17) is 18.9 Å². The summed E-state index contributed by atoms with van der Waals surface area (Å²) in [4.78, 5) is 12.0. The van der Waals surface area contributed by atoms with Gasteiger partial charge in [0, 0.05) is 6.61 Å². The normalized spacial score (nSPS) is 19.8. The van der Waals surface area contributed by atoms with Gasteiger partial charge in [-0.2, -0.15) is 0 Å². The van der Waals surface area contributed by atoms with Gasteiger partial charge < -0.3 is 18.9 Å². The van der Waals surface area contributed by atoms with Crippen molar-refractivity contribution in [2.45, 2.75) is 38.4 Å². The van der Waals surface area contributed by atoms with Gasteiger partial charge in [0.05, 0.1) is 19.8 Å². The Kier molecular flexibility index (Phi) is 6.02. The van der Waals surface area contributed by atoms with Gasteiger partial charge in [-0.3, -0.25) is 0 Å². The molecule has 116 valence electrons.